The van der Waals surface area contributed by atoms with E-state index in [9.17, 15) is 9.59 Å². The molecule has 26 heavy (non-hydrogen) atoms. The van der Waals surface area contributed by atoms with Crippen molar-refractivity contribution in [2.24, 2.45) is 0 Å². The van der Waals surface area contributed by atoms with Crippen molar-refractivity contribution in [1.82, 2.24) is 10.2 Å². The number of imide groups is 1. The molecular formula is C21H24N2O3. The van der Waals surface area contributed by atoms with Crippen LogP contribution in [0.4, 0.5) is 4.79 Å². The van der Waals surface area contributed by atoms with Gasteiger partial charge in [-0.2, -0.15) is 0 Å². The first kappa shape index (κ1) is 18.0. The maximum atomic E-state index is 12.7. The lowest BCUT2D eigenvalue weighted by molar-refractivity contribution is -0.131. The summed E-state index contributed by atoms with van der Waals surface area (Å²) >= 11 is 0. The quantitative estimate of drug-likeness (QED) is 0.778. The van der Waals surface area contributed by atoms with Crippen molar-refractivity contribution < 1.29 is 14.3 Å². The molecule has 3 amide bonds. The fourth-order valence-electron chi connectivity index (χ4n) is 3.05. The van der Waals surface area contributed by atoms with Crippen LogP contribution in [0.25, 0.3) is 0 Å². The Labute approximate surface area is 154 Å². The highest BCUT2D eigenvalue weighted by molar-refractivity contribution is 6.06. The lowest BCUT2D eigenvalue weighted by Gasteiger charge is -2.21. The van der Waals surface area contributed by atoms with Crippen molar-refractivity contribution >= 4 is 11.9 Å². The normalized spacial score (nSPS) is 19.5. The average Bonchev–Trinajstić information content (AvgIpc) is 2.86. The van der Waals surface area contributed by atoms with Crippen molar-refractivity contribution in [3.63, 3.8) is 0 Å². The van der Waals surface area contributed by atoms with Crippen LogP contribution >= 0.6 is 0 Å². The molecule has 0 unspecified atom stereocenters. The smallest absolute Gasteiger partial charge is 0.325 e. The topological polar surface area (TPSA) is 58.6 Å². The second kappa shape index (κ2) is 7.60. The maximum absolute atomic E-state index is 12.7. The summed E-state index contributed by atoms with van der Waals surface area (Å²) in [6.07, 6.45) is 1.30. The van der Waals surface area contributed by atoms with E-state index in [4.69, 9.17) is 4.74 Å². The van der Waals surface area contributed by atoms with Crippen molar-refractivity contribution in [3.05, 3.63) is 65.7 Å². The highest BCUT2D eigenvalue weighted by atomic mass is 16.5. The first-order valence-electron chi connectivity index (χ1n) is 8.85. The van der Waals surface area contributed by atoms with Crippen molar-refractivity contribution in [3.8, 4) is 5.75 Å². The van der Waals surface area contributed by atoms with Gasteiger partial charge >= 0.3 is 6.03 Å². The van der Waals surface area contributed by atoms with Gasteiger partial charge in [-0.25, -0.2) is 4.79 Å². The SMILES string of the molecule is Cc1ccc(OCCN2C(=O)N[C@@](C)(CCc3ccccc3)C2=O)cc1. The van der Waals surface area contributed by atoms with E-state index >= 15 is 0 Å². The summed E-state index contributed by atoms with van der Waals surface area (Å²) in [7, 11) is 0. The van der Waals surface area contributed by atoms with Gasteiger partial charge in [0.1, 0.15) is 17.9 Å². The van der Waals surface area contributed by atoms with Crippen LogP contribution in [-0.4, -0.2) is 35.5 Å². The molecule has 0 aromatic heterocycles. The monoisotopic (exact) mass is 352 g/mol. The Morgan fingerprint density at radius 3 is 2.42 bits per heavy atom. The second-order valence-electron chi connectivity index (χ2n) is 6.87. The minimum Gasteiger partial charge on any atom is -0.492 e. The Morgan fingerprint density at radius 1 is 1.04 bits per heavy atom. The van der Waals surface area contributed by atoms with Gasteiger partial charge < -0.3 is 10.1 Å². The number of benzene rings is 2. The number of ether oxygens (including phenoxy) is 1. The van der Waals surface area contributed by atoms with E-state index in [1.807, 2.05) is 61.5 Å². The van der Waals surface area contributed by atoms with Crippen LogP contribution in [0.3, 0.4) is 0 Å². The molecule has 0 radical (unpaired) electrons. The standard InChI is InChI=1S/C21H24N2O3/c1-16-8-10-18(11-9-16)26-15-14-23-19(24)21(2,22-20(23)25)13-12-17-6-4-3-5-7-17/h3-11H,12-15H2,1-2H3,(H,22,25)/t21-/m0/s1. The van der Waals surface area contributed by atoms with Gasteiger partial charge in [-0.3, -0.25) is 9.69 Å². The van der Waals surface area contributed by atoms with E-state index in [0.717, 1.165) is 23.3 Å². The zero-order chi connectivity index (χ0) is 18.6. The molecule has 3 rings (SSSR count). The molecule has 1 saturated heterocycles. The van der Waals surface area contributed by atoms with E-state index in [1.165, 1.54) is 4.90 Å². The number of nitrogens with one attached hydrogen (secondary N) is 1. The molecule has 2 aromatic rings. The Balaban J connectivity index is 1.54. The summed E-state index contributed by atoms with van der Waals surface area (Å²) in [5.74, 6) is 0.542. The molecular weight excluding hydrogens is 328 g/mol. The van der Waals surface area contributed by atoms with Gasteiger partial charge in [0.15, 0.2) is 0 Å². The lowest BCUT2D eigenvalue weighted by Crippen LogP contribution is -2.44. The van der Waals surface area contributed by atoms with Crippen LogP contribution < -0.4 is 10.1 Å². The van der Waals surface area contributed by atoms with Crippen molar-refractivity contribution in [2.45, 2.75) is 32.2 Å². The molecule has 5 heteroatoms. The molecule has 0 saturated carbocycles. The first-order chi connectivity index (χ1) is 12.5. The number of hydrogen-bond acceptors (Lipinski definition) is 3. The minimum atomic E-state index is -0.864. The number of amides is 3. The van der Waals surface area contributed by atoms with Crippen molar-refractivity contribution in [2.75, 3.05) is 13.2 Å². The third kappa shape index (κ3) is 4.04. The number of nitrogens with zero attached hydrogens (tertiary/aromatic N) is 1. The Morgan fingerprint density at radius 2 is 1.73 bits per heavy atom. The van der Waals surface area contributed by atoms with Gasteiger partial charge in [0, 0.05) is 0 Å². The number of urea groups is 1. The number of aryl methyl sites for hydroxylation is 2. The van der Waals surface area contributed by atoms with E-state index in [2.05, 4.69) is 5.32 Å². The predicted molar refractivity (Wildman–Crippen MR) is 100 cm³/mol. The number of rotatable bonds is 7. The Hall–Kier alpha value is -2.82. The minimum absolute atomic E-state index is 0.189. The summed E-state index contributed by atoms with van der Waals surface area (Å²) in [6.45, 7) is 4.31. The number of hydrogen-bond donors (Lipinski definition) is 1. The first-order valence-corrected chi connectivity index (χ1v) is 8.85. The largest absolute Gasteiger partial charge is 0.492 e. The maximum Gasteiger partial charge on any atom is 0.325 e. The fourth-order valence-corrected chi connectivity index (χ4v) is 3.05. The molecule has 0 aliphatic carbocycles. The van der Waals surface area contributed by atoms with Crippen LogP contribution in [0, 0.1) is 6.92 Å². The predicted octanol–water partition coefficient (Wildman–Crippen LogP) is 3.32. The van der Waals surface area contributed by atoms with E-state index < -0.39 is 5.54 Å². The summed E-state index contributed by atoms with van der Waals surface area (Å²) in [5, 5.41) is 2.84. The highest BCUT2D eigenvalue weighted by Crippen LogP contribution is 2.23. The fraction of sp³-hybridized carbons (Fsp3) is 0.333. The number of carbonyl (C=O) groups is 2. The highest BCUT2D eigenvalue weighted by Gasteiger charge is 2.47. The third-order valence-electron chi connectivity index (χ3n) is 4.71. The van der Waals surface area contributed by atoms with Gasteiger partial charge in [0.05, 0.1) is 6.54 Å². The molecule has 1 atom stereocenters. The molecule has 0 bridgehead atoms. The van der Waals surface area contributed by atoms with Gasteiger partial charge in [-0.15, -0.1) is 0 Å². The molecule has 1 aliphatic heterocycles. The molecule has 1 aliphatic rings. The number of carbonyl (C=O) groups excluding carboxylic acids is 2. The zero-order valence-corrected chi connectivity index (χ0v) is 15.2. The van der Waals surface area contributed by atoms with Crippen LogP contribution in [0.15, 0.2) is 54.6 Å². The average molecular weight is 352 g/mol. The Bertz CT molecular complexity index is 774. The molecule has 5 nitrogen and oxygen atoms in total. The summed E-state index contributed by atoms with van der Waals surface area (Å²) in [4.78, 5) is 26.2. The summed E-state index contributed by atoms with van der Waals surface area (Å²) in [6, 6.07) is 17.3. The van der Waals surface area contributed by atoms with Gasteiger partial charge in [0.2, 0.25) is 0 Å². The lowest BCUT2D eigenvalue weighted by atomic mass is 9.93. The van der Waals surface area contributed by atoms with Gasteiger partial charge in [-0.05, 0) is 44.4 Å². The van der Waals surface area contributed by atoms with Gasteiger partial charge in [-0.1, -0.05) is 48.0 Å². The molecule has 1 fully saturated rings. The third-order valence-corrected chi connectivity index (χ3v) is 4.71. The molecule has 1 N–H and O–H groups in total. The summed E-state index contributed by atoms with van der Waals surface area (Å²) < 4.78 is 5.64. The Kier molecular flexibility index (Phi) is 5.26. The molecule has 0 spiro atoms. The molecule has 1 heterocycles. The van der Waals surface area contributed by atoms with Crippen LogP contribution in [0.2, 0.25) is 0 Å². The second-order valence-corrected chi connectivity index (χ2v) is 6.87. The van der Waals surface area contributed by atoms with Crippen LogP contribution in [0.5, 0.6) is 5.75 Å². The van der Waals surface area contributed by atoms with Crippen LogP contribution in [-0.2, 0) is 11.2 Å². The molecule has 2 aromatic carbocycles. The van der Waals surface area contributed by atoms with Gasteiger partial charge in [0.25, 0.3) is 5.91 Å². The van der Waals surface area contributed by atoms with Crippen LogP contribution in [0.1, 0.15) is 24.5 Å². The van der Waals surface area contributed by atoms with Crippen molar-refractivity contribution in [1.29, 1.82) is 0 Å². The summed E-state index contributed by atoms with van der Waals surface area (Å²) in [5.41, 5.74) is 1.44. The van der Waals surface area contributed by atoms with E-state index in [1.54, 1.807) is 6.92 Å². The molecule has 136 valence electrons. The zero-order valence-electron chi connectivity index (χ0n) is 15.2. The van der Waals surface area contributed by atoms with E-state index in [-0.39, 0.29) is 25.1 Å². The van der Waals surface area contributed by atoms with E-state index in [0.29, 0.717) is 6.42 Å².